The van der Waals surface area contributed by atoms with Gasteiger partial charge in [0, 0.05) is 45.2 Å². The van der Waals surface area contributed by atoms with Crippen LogP contribution in [0, 0.1) is 0 Å². The van der Waals surface area contributed by atoms with Crippen molar-refractivity contribution in [1.82, 2.24) is 20.1 Å². The third-order valence-electron chi connectivity index (χ3n) is 4.44. The molecule has 1 fully saturated rings. The van der Waals surface area contributed by atoms with Crippen LogP contribution in [-0.4, -0.2) is 73.6 Å². The van der Waals surface area contributed by atoms with Crippen molar-refractivity contribution in [1.29, 1.82) is 0 Å². The van der Waals surface area contributed by atoms with E-state index in [1.54, 1.807) is 11.3 Å². The number of anilines is 1. The molecule has 0 radical (unpaired) electrons. The average molecular weight is 480 g/mol. The Morgan fingerprint density at radius 2 is 2.08 bits per heavy atom. The Hall–Kier alpha value is -0.610. The second kappa shape index (κ2) is 11.2. The van der Waals surface area contributed by atoms with E-state index in [1.165, 1.54) is 6.42 Å². The molecule has 2 rings (SSSR count). The van der Waals surface area contributed by atoms with E-state index in [2.05, 4.69) is 46.3 Å². The van der Waals surface area contributed by atoms with Crippen molar-refractivity contribution < 1.29 is 0 Å². The number of hydrogen-bond donors (Lipinski definition) is 1. The van der Waals surface area contributed by atoms with Gasteiger partial charge in [-0.05, 0) is 26.4 Å². The van der Waals surface area contributed by atoms with E-state index in [9.17, 15) is 0 Å². The van der Waals surface area contributed by atoms with Crippen molar-refractivity contribution in [3.05, 3.63) is 11.1 Å². The molecule has 1 saturated heterocycles. The van der Waals surface area contributed by atoms with E-state index in [0.717, 1.165) is 49.5 Å². The van der Waals surface area contributed by atoms with Crippen LogP contribution in [0.3, 0.4) is 0 Å². The van der Waals surface area contributed by atoms with E-state index in [1.807, 2.05) is 19.0 Å². The summed E-state index contributed by atoms with van der Waals surface area (Å²) in [7, 11) is 4.04. The number of hydrogen-bond acceptors (Lipinski definition) is 5. The first-order valence-corrected chi connectivity index (χ1v) is 9.85. The Kier molecular flexibility index (Phi) is 10.0. The van der Waals surface area contributed by atoms with Crippen LogP contribution >= 0.6 is 35.3 Å². The number of likely N-dealkylation sites (N-methyl/N-ethyl adjacent to an activating group) is 1. The summed E-state index contributed by atoms with van der Waals surface area (Å²) in [5.74, 6) is 1.02. The van der Waals surface area contributed by atoms with E-state index >= 15 is 0 Å². The zero-order valence-electron chi connectivity index (χ0n) is 16.2. The van der Waals surface area contributed by atoms with Gasteiger partial charge >= 0.3 is 0 Å². The molecule has 1 aliphatic heterocycles. The highest BCUT2D eigenvalue weighted by Crippen LogP contribution is 2.19. The van der Waals surface area contributed by atoms with E-state index in [-0.39, 0.29) is 24.0 Å². The fourth-order valence-corrected chi connectivity index (χ4v) is 3.88. The maximum atomic E-state index is 4.82. The first kappa shape index (κ1) is 22.4. The van der Waals surface area contributed by atoms with Gasteiger partial charge in [-0.3, -0.25) is 4.90 Å². The van der Waals surface area contributed by atoms with Crippen LogP contribution in [0.25, 0.3) is 0 Å². The number of nitrogens with zero attached hydrogens (tertiary/aromatic N) is 5. The Bertz CT molecular complexity index is 529. The molecule has 1 aliphatic rings. The first-order chi connectivity index (χ1) is 11.6. The van der Waals surface area contributed by atoms with Crippen molar-refractivity contribution in [3.8, 4) is 0 Å². The molecular weight excluding hydrogens is 447 g/mol. The van der Waals surface area contributed by atoms with Gasteiger partial charge in [-0.1, -0.05) is 13.8 Å². The molecule has 1 aromatic rings. The smallest absolute Gasteiger partial charge is 0.194 e. The summed E-state index contributed by atoms with van der Waals surface area (Å²) in [4.78, 5) is 16.4. The van der Waals surface area contributed by atoms with Crippen molar-refractivity contribution >= 4 is 46.4 Å². The molecule has 0 bridgehead atoms. The topological polar surface area (TPSA) is 47.0 Å². The molecule has 144 valence electrons. The van der Waals surface area contributed by atoms with Crippen molar-refractivity contribution in [2.45, 2.75) is 39.8 Å². The summed E-state index contributed by atoms with van der Waals surface area (Å²) in [6.07, 6.45) is 1.22. The van der Waals surface area contributed by atoms with E-state index in [4.69, 9.17) is 4.99 Å². The Morgan fingerprint density at radius 1 is 1.36 bits per heavy atom. The molecular formula is C17H33IN6S. The largest absolute Gasteiger partial charge is 0.357 e. The maximum Gasteiger partial charge on any atom is 0.194 e. The van der Waals surface area contributed by atoms with Gasteiger partial charge in [-0.25, -0.2) is 9.98 Å². The van der Waals surface area contributed by atoms with E-state index in [0.29, 0.717) is 12.6 Å². The first-order valence-electron chi connectivity index (χ1n) is 8.98. The molecule has 6 nitrogen and oxygen atoms in total. The zero-order valence-corrected chi connectivity index (χ0v) is 19.3. The maximum absolute atomic E-state index is 4.82. The summed E-state index contributed by atoms with van der Waals surface area (Å²) in [5.41, 5.74) is 1.04. The molecule has 1 N–H and O–H groups in total. The molecule has 1 atom stereocenters. The Balaban J connectivity index is 0.00000312. The van der Waals surface area contributed by atoms with Gasteiger partial charge in [0.05, 0.1) is 12.2 Å². The second-order valence-electron chi connectivity index (χ2n) is 6.30. The summed E-state index contributed by atoms with van der Waals surface area (Å²) in [6.45, 7) is 12.5. The highest BCUT2D eigenvalue weighted by Gasteiger charge is 2.27. The molecule has 0 saturated carbocycles. The van der Waals surface area contributed by atoms with Crippen LogP contribution in [0.4, 0.5) is 5.13 Å². The number of aromatic nitrogens is 1. The minimum atomic E-state index is 0. The lowest BCUT2D eigenvalue weighted by Crippen LogP contribution is -2.43. The van der Waals surface area contributed by atoms with Crippen LogP contribution in [0.2, 0.25) is 0 Å². The lowest BCUT2D eigenvalue weighted by Gasteiger charge is -2.27. The molecule has 2 heterocycles. The fraction of sp³-hybridized carbons (Fsp3) is 0.765. The molecule has 1 unspecified atom stereocenters. The van der Waals surface area contributed by atoms with Crippen LogP contribution in [0.5, 0.6) is 0 Å². The van der Waals surface area contributed by atoms with Gasteiger partial charge in [0.25, 0.3) is 0 Å². The summed E-state index contributed by atoms with van der Waals surface area (Å²) < 4.78 is 0. The minimum absolute atomic E-state index is 0. The summed E-state index contributed by atoms with van der Waals surface area (Å²) in [5, 5.41) is 6.58. The Labute approximate surface area is 173 Å². The SMILES string of the molecule is CCNC(=NCc1csc(N(C)C)n1)N1CCC(N(CC)CC)C1.I. The number of guanidine groups is 1. The average Bonchev–Trinajstić information content (AvgIpc) is 3.22. The normalized spacial score (nSPS) is 17.8. The number of likely N-dealkylation sites (tertiary alicyclic amines) is 1. The quantitative estimate of drug-likeness (QED) is 0.370. The van der Waals surface area contributed by atoms with Crippen LogP contribution in [0.15, 0.2) is 10.4 Å². The molecule has 0 aromatic carbocycles. The van der Waals surface area contributed by atoms with Gasteiger partial charge in [-0.2, -0.15) is 0 Å². The van der Waals surface area contributed by atoms with Crippen molar-refractivity contribution in [2.75, 3.05) is 51.7 Å². The minimum Gasteiger partial charge on any atom is -0.357 e. The molecule has 0 spiro atoms. The third kappa shape index (κ3) is 6.25. The fourth-order valence-electron chi connectivity index (χ4n) is 3.13. The molecule has 0 aliphatic carbocycles. The predicted octanol–water partition coefficient (Wildman–Crippen LogP) is 2.71. The van der Waals surface area contributed by atoms with Gasteiger partial charge < -0.3 is 15.1 Å². The van der Waals surface area contributed by atoms with E-state index < -0.39 is 0 Å². The molecule has 8 heteroatoms. The van der Waals surface area contributed by atoms with Crippen LogP contribution < -0.4 is 10.2 Å². The molecule has 1 aromatic heterocycles. The summed E-state index contributed by atoms with van der Waals surface area (Å²) >= 11 is 1.67. The van der Waals surface area contributed by atoms with Gasteiger partial charge in [-0.15, -0.1) is 35.3 Å². The van der Waals surface area contributed by atoms with Crippen LogP contribution in [-0.2, 0) is 6.54 Å². The van der Waals surface area contributed by atoms with Crippen LogP contribution in [0.1, 0.15) is 32.9 Å². The standard InChI is InChI=1S/C17H32N6S.HI/c1-6-18-16(19-11-14-13-24-17(20-14)21(4)5)23-10-9-15(12-23)22(7-2)8-3;/h13,15H,6-12H2,1-5H3,(H,18,19);1H. The van der Waals surface area contributed by atoms with Gasteiger partial charge in [0.1, 0.15) is 0 Å². The van der Waals surface area contributed by atoms with Crippen molar-refractivity contribution in [3.63, 3.8) is 0 Å². The highest BCUT2D eigenvalue weighted by molar-refractivity contribution is 14.0. The Morgan fingerprint density at radius 3 is 2.64 bits per heavy atom. The lowest BCUT2D eigenvalue weighted by atomic mass is 10.2. The number of aliphatic imine (C=N–C) groups is 1. The lowest BCUT2D eigenvalue weighted by molar-refractivity contribution is 0.223. The monoisotopic (exact) mass is 480 g/mol. The second-order valence-corrected chi connectivity index (χ2v) is 7.13. The number of nitrogens with one attached hydrogen (secondary N) is 1. The highest BCUT2D eigenvalue weighted by atomic mass is 127. The summed E-state index contributed by atoms with van der Waals surface area (Å²) in [6, 6.07) is 0.642. The number of halogens is 1. The predicted molar refractivity (Wildman–Crippen MR) is 120 cm³/mol. The number of rotatable bonds is 7. The van der Waals surface area contributed by atoms with Gasteiger partial charge in [0.2, 0.25) is 0 Å². The number of thiazole rings is 1. The van der Waals surface area contributed by atoms with Gasteiger partial charge in [0.15, 0.2) is 11.1 Å². The van der Waals surface area contributed by atoms with Crippen molar-refractivity contribution in [2.24, 2.45) is 4.99 Å². The molecule has 0 amide bonds. The third-order valence-corrected chi connectivity index (χ3v) is 5.50. The molecule has 25 heavy (non-hydrogen) atoms. The zero-order chi connectivity index (χ0) is 17.5.